The van der Waals surface area contributed by atoms with E-state index in [2.05, 4.69) is 29.3 Å². The molecule has 136 valence electrons. The van der Waals surface area contributed by atoms with Gasteiger partial charge in [-0.1, -0.05) is 0 Å². The van der Waals surface area contributed by atoms with Gasteiger partial charge in [-0.15, -0.1) is 10.2 Å². The first-order chi connectivity index (χ1) is 12.5. The van der Waals surface area contributed by atoms with Gasteiger partial charge in [-0.25, -0.2) is 18.1 Å². The second kappa shape index (κ2) is 4.64. The fourth-order valence-corrected chi connectivity index (χ4v) is 6.94. The van der Waals surface area contributed by atoms with E-state index in [4.69, 9.17) is 0 Å². The Bertz CT molecular complexity index is 1130. The Kier molecular flexibility index (Phi) is 2.69. The monoisotopic (exact) mass is 372 g/mol. The van der Waals surface area contributed by atoms with Crippen LogP contribution in [0.5, 0.6) is 0 Å². The lowest BCUT2D eigenvalue weighted by Gasteiger charge is -2.28. The minimum atomic E-state index is -3.19. The summed E-state index contributed by atoms with van der Waals surface area (Å²) in [5.41, 5.74) is 2.10. The van der Waals surface area contributed by atoms with Crippen molar-refractivity contribution in [2.45, 2.75) is 61.1 Å². The molecule has 3 aromatic heterocycles. The topological polar surface area (TPSA) is 105 Å². The van der Waals surface area contributed by atoms with Crippen molar-refractivity contribution in [2.24, 2.45) is 0 Å². The number of nitrogens with zero attached hydrogens (tertiary/aromatic N) is 4. The maximum Gasteiger partial charge on any atom is 0.214 e. The van der Waals surface area contributed by atoms with Crippen molar-refractivity contribution in [3.63, 3.8) is 0 Å². The molecule has 0 atom stereocenters. The lowest BCUT2D eigenvalue weighted by molar-refractivity contribution is 0.362. The van der Waals surface area contributed by atoms with Crippen LogP contribution in [0.15, 0.2) is 18.5 Å². The molecule has 0 amide bonds. The largest absolute Gasteiger partial charge is 0.345 e. The van der Waals surface area contributed by atoms with Crippen LogP contribution in [0.1, 0.15) is 50.8 Å². The van der Waals surface area contributed by atoms with Crippen molar-refractivity contribution in [1.82, 2.24) is 29.3 Å². The SMILES string of the molecule is O=S(=O)(N[C@]12CC[C@](c3nnc4cnc5[nH]ccc5n43)(CC1)C2)C1CC1. The Labute approximate surface area is 150 Å². The third-order valence-corrected chi connectivity index (χ3v) is 8.65. The molecule has 3 heterocycles. The normalized spacial score (nSPS) is 31.4. The summed E-state index contributed by atoms with van der Waals surface area (Å²) in [6.07, 6.45) is 9.62. The van der Waals surface area contributed by atoms with Gasteiger partial charge >= 0.3 is 0 Å². The molecule has 3 saturated carbocycles. The van der Waals surface area contributed by atoms with Crippen LogP contribution in [0, 0.1) is 0 Å². The van der Waals surface area contributed by atoms with Gasteiger partial charge in [0.25, 0.3) is 0 Å². The average molecular weight is 372 g/mol. The summed E-state index contributed by atoms with van der Waals surface area (Å²) >= 11 is 0. The molecular formula is C17H20N6O2S. The number of H-pyrrole nitrogens is 1. The van der Waals surface area contributed by atoms with E-state index in [0.29, 0.717) is 0 Å². The minimum absolute atomic E-state index is 0.114. The number of aromatic amines is 1. The van der Waals surface area contributed by atoms with E-state index in [1.54, 1.807) is 6.20 Å². The molecular weight excluding hydrogens is 352 g/mol. The molecule has 3 fully saturated rings. The van der Waals surface area contributed by atoms with Crippen molar-refractivity contribution in [3.8, 4) is 0 Å². The quantitative estimate of drug-likeness (QED) is 0.724. The van der Waals surface area contributed by atoms with Crippen LogP contribution in [0.25, 0.3) is 16.8 Å². The second-order valence-corrected chi connectivity index (χ2v) is 10.2. The molecule has 8 nitrogen and oxygen atoms in total. The summed E-state index contributed by atoms with van der Waals surface area (Å²) in [6, 6.07) is 1.99. The molecule has 0 aromatic carbocycles. The van der Waals surface area contributed by atoms with E-state index in [1.165, 1.54) is 0 Å². The van der Waals surface area contributed by atoms with Crippen molar-refractivity contribution in [1.29, 1.82) is 0 Å². The summed E-state index contributed by atoms with van der Waals surface area (Å²) in [5.74, 6) is 0.949. The third-order valence-electron chi connectivity index (χ3n) is 6.58. The third kappa shape index (κ3) is 1.92. The van der Waals surface area contributed by atoms with Gasteiger partial charge in [0, 0.05) is 17.2 Å². The summed E-state index contributed by atoms with van der Waals surface area (Å²) in [7, 11) is -3.19. The van der Waals surface area contributed by atoms with E-state index in [1.807, 2.05) is 12.3 Å². The first-order valence-electron chi connectivity index (χ1n) is 9.21. The standard InChI is InChI=1S/C17H20N6O2S/c24-26(25,11-1-2-11)22-17-6-4-16(10-17,5-7-17)15-21-20-13-9-19-14-12(23(13)15)3-8-18-14/h3,8-9,11,18,22H,1-2,4-7,10H2/t16-,17+. The first kappa shape index (κ1) is 15.1. The predicted molar refractivity (Wildman–Crippen MR) is 95.2 cm³/mol. The Hall–Kier alpha value is -2.00. The van der Waals surface area contributed by atoms with Crippen molar-refractivity contribution in [3.05, 3.63) is 24.3 Å². The Morgan fingerprint density at radius 3 is 2.77 bits per heavy atom. The molecule has 6 rings (SSSR count). The van der Waals surface area contributed by atoms with Crippen LogP contribution in [-0.4, -0.2) is 43.8 Å². The van der Waals surface area contributed by atoms with E-state index in [0.717, 1.165) is 67.6 Å². The maximum absolute atomic E-state index is 12.5. The molecule has 3 aromatic rings. The van der Waals surface area contributed by atoms with Gasteiger partial charge in [0.2, 0.25) is 10.0 Å². The van der Waals surface area contributed by atoms with Gasteiger partial charge in [-0.05, 0) is 51.0 Å². The number of nitrogens with one attached hydrogen (secondary N) is 2. The lowest BCUT2D eigenvalue weighted by Crippen LogP contribution is -2.46. The summed E-state index contributed by atoms with van der Waals surface area (Å²) in [5, 5.41) is 8.70. The molecule has 0 unspecified atom stereocenters. The first-order valence-corrected chi connectivity index (χ1v) is 10.8. The summed E-state index contributed by atoms with van der Waals surface area (Å²) in [6.45, 7) is 0. The van der Waals surface area contributed by atoms with Gasteiger partial charge in [-0.2, -0.15) is 0 Å². The number of hydrogen-bond donors (Lipinski definition) is 2. The molecule has 3 aliphatic rings. The highest BCUT2D eigenvalue weighted by molar-refractivity contribution is 7.90. The van der Waals surface area contributed by atoms with Crippen molar-refractivity contribution < 1.29 is 8.42 Å². The van der Waals surface area contributed by atoms with Crippen LogP contribution in [0.3, 0.4) is 0 Å². The van der Waals surface area contributed by atoms with Gasteiger partial charge < -0.3 is 4.98 Å². The van der Waals surface area contributed by atoms with E-state index in [9.17, 15) is 8.42 Å². The smallest absolute Gasteiger partial charge is 0.214 e. The summed E-state index contributed by atoms with van der Waals surface area (Å²) < 4.78 is 30.2. The molecule has 3 aliphatic carbocycles. The van der Waals surface area contributed by atoms with E-state index in [-0.39, 0.29) is 16.2 Å². The zero-order valence-electron chi connectivity index (χ0n) is 14.3. The molecule has 0 radical (unpaired) electrons. The van der Waals surface area contributed by atoms with Gasteiger partial charge in [-0.3, -0.25) is 4.40 Å². The fourth-order valence-electron chi connectivity index (χ4n) is 5.13. The van der Waals surface area contributed by atoms with Gasteiger partial charge in [0.15, 0.2) is 11.3 Å². The Morgan fingerprint density at radius 2 is 2.00 bits per heavy atom. The zero-order chi connectivity index (χ0) is 17.6. The molecule has 2 N–H and O–H groups in total. The fraction of sp³-hybridized carbons (Fsp3) is 0.588. The van der Waals surface area contributed by atoms with Crippen LogP contribution in [0.4, 0.5) is 0 Å². The molecule has 0 aliphatic heterocycles. The van der Waals surface area contributed by atoms with E-state index >= 15 is 0 Å². The van der Waals surface area contributed by atoms with E-state index < -0.39 is 10.0 Å². The average Bonchev–Trinajstić information content (AvgIpc) is 2.96. The highest BCUT2D eigenvalue weighted by Crippen LogP contribution is 2.57. The van der Waals surface area contributed by atoms with Crippen LogP contribution in [0.2, 0.25) is 0 Å². The molecule has 0 spiro atoms. The highest BCUT2D eigenvalue weighted by atomic mass is 32.2. The number of sulfonamides is 1. The maximum atomic E-state index is 12.5. The van der Waals surface area contributed by atoms with Crippen LogP contribution in [-0.2, 0) is 15.4 Å². The van der Waals surface area contributed by atoms with Crippen molar-refractivity contribution in [2.75, 3.05) is 0 Å². The minimum Gasteiger partial charge on any atom is -0.345 e. The number of aromatic nitrogens is 5. The number of rotatable bonds is 4. The highest BCUT2D eigenvalue weighted by Gasteiger charge is 2.59. The van der Waals surface area contributed by atoms with Crippen molar-refractivity contribution >= 4 is 26.8 Å². The second-order valence-electron chi connectivity index (χ2n) is 8.27. The van der Waals surface area contributed by atoms with Gasteiger partial charge in [0.1, 0.15) is 5.82 Å². The molecule has 26 heavy (non-hydrogen) atoms. The molecule has 9 heteroatoms. The lowest BCUT2D eigenvalue weighted by atomic mass is 9.83. The predicted octanol–water partition coefficient (Wildman–Crippen LogP) is 1.64. The molecule has 0 saturated heterocycles. The number of fused-ring (bicyclic) bond motifs is 5. The Balaban J connectivity index is 1.43. The molecule has 2 bridgehead atoms. The Morgan fingerprint density at radius 1 is 1.19 bits per heavy atom. The van der Waals surface area contributed by atoms with Gasteiger partial charge in [0.05, 0.1) is 17.0 Å². The van der Waals surface area contributed by atoms with Crippen LogP contribution < -0.4 is 4.72 Å². The van der Waals surface area contributed by atoms with Crippen LogP contribution >= 0.6 is 0 Å². The zero-order valence-corrected chi connectivity index (χ0v) is 15.1. The summed E-state index contributed by atoms with van der Waals surface area (Å²) in [4.78, 5) is 7.53. The number of hydrogen-bond acceptors (Lipinski definition) is 5.